The Bertz CT molecular complexity index is 1020. The summed E-state index contributed by atoms with van der Waals surface area (Å²) in [4.78, 5) is 17.0. The molecule has 8 heteroatoms. The van der Waals surface area contributed by atoms with Crippen molar-refractivity contribution in [3.05, 3.63) is 52.3 Å². The van der Waals surface area contributed by atoms with E-state index in [2.05, 4.69) is 26.6 Å². The molecule has 2 heterocycles. The standard InChI is InChI=1S/C18H15N5O2S/c1-10-7-14(13-6-4-5-12(8-19)16(13)25-3)15(9-20-10)17(24)21-18-23-22-11(2)26-18/h4-7,9H,1-3H3,(H,21,23,24). The number of nitriles is 1. The molecule has 0 aliphatic carbocycles. The van der Waals surface area contributed by atoms with Crippen LogP contribution in [-0.2, 0) is 0 Å². The van der Waals surface area contributed by atoms with E-state index in [0.29, 0.717) is 33.1 Å². The van der Waals surface area contributed by atoms with Gasteiger partial charge in [0.15, 0.2) is 0 Å². The molecular weight excluding hydrogens is 350 g/mol. The highest BCUT2D eigenvalue weighted by Gasteiger charge is 2.19. The van der Waals surface area contributed by atoms with Crippen molar-refractivity contribution in [3.8, 4) is 22.9 Å². The van der Waals surface area contributed by atoms with Crippen LogP contribution in [0.5, 0.6) is 5.75 Å². The molecule has 0 aliphatic heterocycles. The minimum atomic E-state index is -0.354. The van der Waals surface area contributed by atoms with Crippen LogP contribution in [0.2, 0.25) is 0 Å². The fraction of sp³-hybridized carbons (Fsp3) is 0.167. The maximum absolute atomic E-state index is 12.8. The first-order chi connectivity index (χ1) is 12.5. The maximum Gasteiger partial charge on any atom is 0.259 e. The molecule has 3 rings (SSSR count). The van der Waals surface area contributed by atoms with E-state index < -0.39 is 0 Å². The molecule has 0 radical (unpaired) electrons. The predicted octanol–water partition coefficient (Wildman–Crippen LogP) is 3.35. The number of hydrogen-bond donors (Lipinski definition) is 1. The summed E-state index contributed by atoms with van der Waals surface area (Å²) in [6, 6.07) is 9.12. The molecule has 0 saturated carbocycles. The number of hydrogen-bond acceptors (Lipinski definition) is 7. The van der Waals surface area contributed by atoms with Gasteiger partial charge in [-0.15, -0.1) is 10.2 Å². The van der Waals surface area contributed by atoms with Crippen molar-refractivity contribution < 1.29 is 9.53 Å². The lowest BCUT2D eigenvalue weighted by atomic mass is 9.97. The lowest BCUT2D eigenvalue weighted by Gasteiger charge is -2.14. The molecule has 1 N–H and O–H groups in total. The van der Waals surface area contributed by atoms with Crippen molar-refractivity contribution in [3.63, 3.8) is 0 Å². The minimum Gasteiger partial charge on any atom is -0.495 e. The summed E-state index contributed by atoms with van der Waals surface area (Å²) < 4.78 is 5.42. The number of para-hydroxylation sites is 1. The van der Waals surface area contributed by atoms with E-state index in [1.54, 1.807) is 24.3 Å². The van der Waals surface area contributed by atoms with Crippen LogP contribution in [-0.4, -0.2) is 28.2 Å². The molecule has 0 saturated heterocycles. The van der Waals surface area contributed by atoms with Gasteiger partial charge in [-0.05, 0) is 26.0 Å². The molecule has 0 unspecified atom stereocenters. The number of nitrogens with one attached hydrogen (secondary N) is 1. The number of aryl methyl sites for hydroxylation is 2. The summed E-state index contributed by atoms with van der Waals surface area (Å²) in [6.45, 7) is 3.64. The van der Waals surface area contributed by atoms with Crippen LogP contribution in [0.15, 0.2) is 30.5 Å². The van der Waals surface area contributed by atoms with Crippen LogP contribution >= 0.6 is 11.3 Å². The van der Waals surface area contributed by atoms with Crippen molar-refractivity contribution in [1.82, 2.24) is 15.2 Å². The Morgan fingerprint density at radius 1 is 1.27 bits per heavy atom. The zero-order valence-electron chi connectivity index (χ0n) is 14.4. The van der Waals surface area contributed by atoms with Gasteiger partial charge >= 0.3 is 0 Å². The fourth-order valence-corrected chi connectivity index (χ4v) is 3.12. The fourth-order valence-electron chi connectivity index (χ4n) is 2.53. The minimum absolute atomic E-state index is 0.354. The van der Waals surface area contributed by atoms with Crippen molar-refractivity contribution in [2.45, 2.75) is 13.8 Å². The van der Waals surface area contributed by atoms with E-state index in [9.17, 15) is 10.1 Å². The highest BCUT2D eigenvalue weighted by atomic mass is 32.1. The van der Waals surface area contributed by atoms with Gasteiger partial charge < -0.3 is 4.74 Å². The van der Waals surface area contributed by atoms with Crippen molar-refractivity contribution in [1.29, 1.82) is 5.26 Å². The molecule has 130 valence electrons. The number of methoxy groups -OCH3 is 1. The summed E-state index contributed by atoms with van der Waals surface area (Å²) >= 11 is 1.29. The Morgan fingerprint density at radius 2 is 2.08 bits per heavy atom. The Balaban J connectivity index is 2.10. The number of anilines is 1. The normalized spacial score (nSPS) is 10.2. The number of nitrogens with zero attached hydrogens (tertiary/aromatic N) is 4. The maximum atomic E-state index is 12.8. The number of pyridine rings is 1. The van der Waals surface area contributed by atoms with Gasteiger partial charge in [0.2, 0.25) is 5.13 Å². The highest BCUT2D eigenvalue weighted by molar-refractivity contribution is 7.15. The number of aromatic nitrogens is 3. The van der Waals surface area contributed by atoms with Gasteiger partial charge in [-0.1, -0.05) is 23.5 Å². The quantitative estimate of drug-likeness (QED) is 0.761. The third-order valence-electron chi connectivity index (χ3n) is 3.66. The zero-order chi connectivity index (χ0) is 18.7. The Labute approximate surface area is 154 Å². The molecule has 26 heavy (non-hydrogen) atoms. The van der Waals surface area contributed by atoms with E-state index in [1.807, 2.05) is 13.8 Å². The van der Waals surface area contributed by atoms with Crippen molar-refractivity contribution in [2.75, 3.05) is 12.4 Å². The summed E-state index contributed by atoms with van der Waals surface area (Å²) in [5, 5.41) is 21.0. The Kier molecular flexibility index (Phi) is 4.91. The molecule has 0 spiro atoms. The smallest absolute Gasteiger partial charge is 0.259 e. The van der Waals surface area contributed by atoms with Crippen LogP contribution in [0.25, 0.3) is 11.1 Å². The second-order valence-corrected chi connectivity index (χ2v) is 6.63. The molecule has 1 aromatic carbocycles. The van der Waals surface area contributed by atoms with Crippen molar-refractivity contribution in [2.24, 2.45) is 0 Å². The van der Waals surface area contributed by atoms with E-state index in [1.165, 1.54) is 24.6 Å². The van der Waals surface area contributed by atoms with Gasteiger partial charge in [-0.3, -0.25) is 15.1 Å². The summed E-state index contributed by atoms with van der Waals surface area (Å²) in [5.74, 6) is 0.0643. The summed E-state index contributed by atoms with van der Waals surface area (Å²) in [5.41, 5.74) is 2.77. The molecule has 2 aromatic heterocycles. The molecule has 0 bridgehead atoms. The van der Waals surface area contributed by atoms with Crippen LogP contribution in [0.4, 0.5) is 5.13 Å². The number of rotatable bonds is 4. The first-order valence-corrected chi connectivity index (χ1v) is 8.50. The van der Waals surface area contributed by atoms with Crippen LogP contribution in [0, 0.1) is 25.2 Å². The highest BCUT2D eigenvalue weighted by Crippen LogP contribution is 2.35. The Morgan fingerprint density at radius 3 is 2.73 bits per heavy atom. The third kappa shape index (κ3) is 3.38. The molecule has 3 aromatic rings. The zero-order valence-corrected chi connectivity index (χ0v) is 15.2. The van der Waals surface area contributed by atoms with Gasteiger partial charge in [-0.25, -0.2) is 0 Å². The predicted molar refractivity (Wildman–Crippen MR) is 98.3 cm³/mol. The van der Waals surface area contributed by atoms with Gasteiger partial charge in [0.25, 0.3) is 5.91 Å². The average molecular weight is 365 g/mol. The second kappa shape index (κ2) is 7.29. The lowest BCUT2D eigenvalue weighted by molar-refractivity contribution is 0.102. The molecule has 1 amide bonds. The van der Waals surface area contributed by atoms with Crippen LogP contribution in [0.3, 0.4) is 0 Å². The first kappa shape index (κ1) is 17.5. The van der Waals surface area contributed by atoms with E-state index in [0.717, 1.165) is 10.7 Å². The van der Waals surface area contributed by atoms with Crippen LogP contribution < -0.4 is 10.1 Å². The van der Waals surface area contributed by atoms with Gasteiger partial charge in [-0.2, -0.15) is 5.26 Å². The van der Waals surface area contributed by atoms with Crippen molar-refractivity contribution >= 4 is 22.4 Å². The van der Waals surface area contributed by atoms with Gasteiger partial charge in [0.05, 0.1) is 18.2 Å². The average Bonchev–Trinajstić information content (AvgIpc) is 3.05. The van der Waals surface area contributed by atoms with E-state index in [4.69, 9.17) is 4.74 Å². The molecular formula is C18H15N5O2S. The topological polar surface area (TPSA) is 101 Å². The Hall–Kier alpha value is -3.31. The number of ether oxygens (including phenoxy) is 1. The third-order valence-corrected chi connectivity index (χ3v) is 4.42. The SMILES string of the molecule is COc1c(C#N)cccc1-c1cc(C)ncc1C(=O)Nc1nnc(C)s1. The number of carbonyl (C=O) groups excluding carboxylic acids is 1. The monoisotopic (exact) mass is 365 g/mol. The van der Waals surface area contributed by atoms with E-state index >= 15 is 0 Å². The molecule has 0 aliphatic rings. The number of carbonyl (C=O) groups is 1. The molecule has 0 fully saturated rings. The van der Waals surface area contributed by atoms with Crippen LogP contribution in [0.1, 0.15) is 26.6 Å². The first-order valence-electron chi connectivity index (χ1n) is 7.69. The summed E-state index contributed by atoms with van der Waals surface area (Å²) in [6.07, 6.45) is 1.51. The second-order valence-electron chi connectivity index (χ2n) is 5.45. The number of benzene rings is 1. The number of amides is 1. The van der Waals surface area contributed by atoms with Gasteiger partial charge in [0.1, 0.15) is 16.8 Å². The largest absolute Gasteiger partial charge is 0.495 e. The lowest BCUT2D eigenvalue weighted by Crippen LogP contribution is -2.14. The molecule has 7 nitrogen and oxygen atoms in total. The van der Waals surface area contributed by atoms with E-state index in [-0.39, 0.29) is 5.91 Å². The van der Waals surface area contributed by atoms with Gasteiger partial charge in [0, 0.05) is 23.0 Å². The molecule has 0 atom stereocenters. The summed E-state index contributed by atoms with van der Waals surface area (Å²) in [7, 11) is 1.50.